The third kappa shape index (κ3) is 5.45. The number of carboxylic acid groups (broad SMARTS) is 1. The number of hydrogen-bond acceptors (Lipinski definition) is 3. The van der Waals surface area contributed by atoms with Crippen molar-refractivity contribution in [3.05, 3.63) is 34.9 Å². The van der Waals surface area contributed by atoms with E-state index in [1.54, 1.807) is 13.2 Å². The maximum atomic E-state index is 10.5. The van der Waals surface area contributed by atoms with Crippen molar-refractivity contribution in [2.75, 3.05) is 20.3 Å². The molecular weight excluding hydrogens is 256 g/mol. The molecule has 0 aliphatic carbocycles. The quantitative estimate of drug-likeness (QED) is 0.586. The minimum atomic E-state index is -0.946. The van der Waals surface area contributed by atoms with E-state index in [1.165, 1.54) is 0 Å². The van der Waals surface area contributed by atoms with Gasteiger partial charge >= 0.3 is 5.97 Å². The summed E-state index contributed by atoms with van der Waals surface area (Å²) in [7, 11) is 1.69. The van der Waals surface area contributed by atoms with Gasteiger partial charge in [-0.3, -0.25) is 0 Å². The number of benzene rings is 1. The number of aliphatic carboxylic acids is 1. The molecule has 0 bridgehead atoms. The van der Waals surface area contributed by atoms with Gasteiger partial charge in [0.05, 0.1) is 6.61 Å². The van der Waals surface area contributed by atoms with Crippen molar-refractivity contribution < 1.29 is 19.4 Å². The molecule has 1 rings (SSSR count). The zero-order valence-electron chi connectivity index (χ0n) is 12.3. The molecule has 0 spiro atoms. The summed E-state index contributed by atoms with van der Waals surface area (Å²) in [5, 5.41) is 8.63. The molecule has 0 unspecified atom stereocenters. The Morgan fingerprint density at radius 3 is 2.35 bits per heavy atom. The Bertz CT molecular complexity index is 454. The maximum Gasteiger partial charge on any atom is 0.328 e. The fourth-order valence-corrected chi connectivity index (χ4v) is 2.00. The molecule has 0 radical (unpaired) electrons. The third-order valence-electron chi connectivity index (χ3n) is 2.89. The lowest BCUT2D eigenvalue weighted by Gasteiger charge is -2.13. The van der Waals surface area contributed by atoms with Gasteiger partial charge in [-0.15, -0.1) is 0 Å². The van der Waals surface area contributed by atoms with Gasteiger partial charge in [-0.05, 0) is 61.6 Å². The number of rotatable bonds is 8. The Morgan fingerprint density at radius 1 is 1.20 bits per heavy atom. The first-order valence-electron chi connectivity index (χ1n) is 6.68. The molecule has 20 heavy (non-hydrogen) atoms. The summed E-state index contributed by atoms with van der Waals surface area (Å²) < 4.78 is 10.8. The molecule has 110 valence electrons. The summed E-state index contributed by atoms with van der Waals surface area (Å²) in [4.78, 5) is 10.5. The lowest BCUT2D eigenvalue weighted by atomic mass is 10.1. The van der Waals surface area contributed by atoms with Gasteiger partial charge in [-0.1, -0.05) is 0 Å². The number of hydrogen-bond donors (Lipinski definition) is 1. The number of carboxylic acids is 1. The van der Waals surface area contributed by atoms with E-state index in [-0.39, 0.29) is 0 Å². The number of aryl methyl sites for hydroxylation is 2. The van der Waals surface area contributed by atoms with E-state index in [2.05, 4.69) is 0 Å². The van der Waals surface area contributed by atoms with Crippen molar-refractivity contribution >= 4 is 12.0 Å². The molecule has 0 saturated heterocycles. The standard InChI is InChI=1S/C16H22O4/c1-12-10-14(6-7-15(17)18)11-13(2)16(12)20-9-5-4-8-19-3/h6-7,10-11H,4-5,8-9H2,1-3H3,(H,17,18)/b7-6+. The molecule has 0 saturated carbocycles. The SMILES string of the molecule is COCCCCOc1c(C)cc(/C=C/C(=O)O)cc1C. The average molecular weight is 278 g/mol. The normalized spacial score (nSPS) is 10.9. The topological polar surface area (TPSA) is 55.8 Å². The van der Waals surface area contributed by atoms with Crippen LogP contribution in [0.15, 0.2) is 18.2 Å². The average Bonchev–Trinajstić information content (AvgIpc) is 2.38. The summed E-state index contributed by atoms with van der Waals surface area (Å²) >= 11 is 0. The summed E-state index contributed by atoms with van der Waals surface area (Å²) in [6.45, 7) is 5.35. The van der Waals surface area contributed by atoms with Crippen molar-refractivity contribution in [2.24, 2.45) is 0 Å². The van der Waals surface area contributed by atoms with Gasteiger partial charge < -0.3 is 14.6 Å². The van der Waals surface area contributed by atoms with E-state index in [9.17, 15) is 4.79 Å². The number of ether oxygens (including phenoxy) is 2. The highest BCUT2D eigenvalue weighted by atomic mass is 16.5. The predicted molar refractivity (Wildman–Crippen MR) is 79.2 cm³/mol. The molecule has 0 aliphatic rings. The van der Waals surface area contributed by atoms with Gasteiger partial charge in [-0.25, -0.2) is 4.79 Å². The zero-order valence-corrected chi connectivity index (χ0v) is 12.3. The van der Waals surface area contributed by atoms with Crippen LogP contribution in [-0.2, 0) is 9.53 Å². The van der Waals surface area contributed by atoms with E-state index in [1.807, 2.05) is 26.0 Å². The van der Waals surface area contributed by atoms with E-state index in [0.29, 0.717) is 6.61 Å². The van der Waals surface area contributed by atoms with Crippen LogP contribution in [0.3, 0.4) is 0 Å². The first-order valence-corrected chi connectivity index (χ1v) is 6.68. The number of carbonyl (C=O) groups is 1. The summed E-state index contributed by atoms with van der Waals surface area (Å²) in [6.07, 6.45) is 4.66. The second kappa shape index (κ2) is 8.38. The molecule has 0 aromatic heterocycles. The van der Waals surface area contributed by atoms with Crippen LogP contribution in [0.4, 0.5) is 0 Å². The van der Waals surface area contributed by atoms with Crippen LogP contribution in [-0.4, -0.2) is 31.4 Å². The molecule has 0 aliphatic heterocycles. The van der Waals surface area contributed by atoms with Crippen LogP contribution < -0.4 is 4.74 Å². The van der Waals surface area contributed by atoms with Crippen LogP contribution >= 0.6 is 0 Å². The Labute approximate surface area is 120 Å². The molecule has 4 heteroatoms. The Balaban J connectivity index is 2.66. The third-order valence-corrected chi connectivity index (χ3v) is 2.89. The van der Waals surface area contributed by atoms with Gasteiger partial charge in [0.1, 0.15) is 5.75 Å². The van der Waals surface area contributed by atoms with Gasteiger partial charge in [0.15, 0.2) is 0 Å². The molecule has 0 heterocycles. The predicted octanol–water partition coefficient (Wildman–Crippen LogP) is 3.21. The lowest BCUT2D eigenvalue weighted by molar-refractivity contribution is -0.131. The van der Waals surface area contributed by atoms with Gasteiger partial charge in [0.2, 0.25) is 0 Å². The van der Waals surface area contributed by atoms with E-state index in [0.717, 1.165) is 48.0 Å². The summed E-state index contributed by atoms with van der Waals surface area (Å²) in [5.74, 6) is -0.0614. The van der Waals surface area contributed by atoms with Crippen molar-refractivity contribution in [2.45, 2.75) is 26.7 Å². The fraction of sp³-hybridized carbons (Fsp3) is 0.438. The van der Waals surface area contributed by atoms with Crippen molar-refractivity contribution in [1.82, 2.24) is 0 Å². The summed E-state index contributed by atoms with van der Waals surface area (Å²) in [6, 6.07) is 3.86. The molecule has 0 fully saturated rings. The number of methoxy groups -OCH3 is 1. The fourth-order valence-electron chi connectivity index (χ4n) is 2.00. The zero-order chi connectivity index (χ0) is 15.0. The molecule has 1 aromatic carbocycles. The van der Waals surface area contributed by atoms with Crippen LogP contribution in [0.2, 0.25) is 0 Å². The van der Waals surface area contributed by atoms with Crippen molar-refractivity contribution in [3.63, 3.8) is 0 Å². The van der Waals surface area contributed by atoms with Crippen molar-refractivity contribution in [1.29, 1.82) is 0 Å². The summed E-state index contributed by atoms with van der Waals surface area (Å²) in [5.41, 5.74) is 2.90. The van der Waals surface area contributed by atoms with Crippen LogP contribution in [0.25, 0.3) is 6.08 Å². The van der Waals surface area contributed by atoms with Crippen LogP contribution in [0.1, 0.15) is 29.5 Å². The van der Waals surface area contributed by atoms with Crippen LogP contribution in [0.5, 0.6) is 5.75 Å². The van der Waals surface area contributed by atoms with Gasteiger partial charge in [0.25, 0.3) is 0 Å². The van der Waals surface area contributed by atoms with E-state index in [4.69, 9.17) is 14.6 Å². The molecular formula is C16H22O4. The Morgan fingerprint density at radius 2 is 1.80 bits per heavy atom. The van der Waals surface area contributed by atoms with E-state index >= 15 is 0 Å². The molecule has 1 N–H and O–H groups in total. The number of unbranched alkanes of at least 4 members (excludes halogenated alkanes) is 1. The highest BCUT2D eigenvalue weighted by Crippen LogP contribution is 2.25. The van der Waals surface area contributed by atoms with E-state index < -0.39 is 5.97 Å². The van der Waals surface area contributed by atoms with Gasteiger partial charge in [0, 0.05) is 19.8 Å². The highest BCUT2D eigenvalue weighted by Gasteiger charge is 2.05. The van der Waals surface area contributed by atoms with Crippen LogP contribution in [0, 0.1) is 13.8 Å². The first-order chi connectivity index (χ1) is 9.54. The minimum absolute atomic E-state index is 0.662. The molecule has 0 atom stereocenters. The Kier molecular flexibility index (Phi) is 6.81. The Hall–Kier alpha value is -1.81. The molecule has 0 amide bonds. The second-order valence-electron chi connectivity index (χ2n) is 4.70. The maximum absolute atomic E-state index is 10.5. The molecule has 1 aromatic rings. The minimum Gasteiger partial charge on any atom is -0.493 e. The van der Waals surface area contributed by atoms with Crippen molar-refractivity contribution in [3.8, 4) is 5.75 Å². The molecule has 4 nitrogen and oxygen atoms in total. The highest BCUT2D eigenvalue weighted by molar-refractivity contribution is 5.85. The smallest absolute Gasteiger partial charge is 0.328 e. The largest absolute Gasteiger partial charge is 0.493 e. The second-order valence-corrected chi connectivity index (χ2v) is 4.70. The first kappa shape index (κ1) is 16.2. The lowest BCUT2D eigenvalue weighted by Crippen LogP contribution is -2.02. The van der Waals surface area contributed by atoms with Gasteiger partial charge in [-0.2, -0.15) is 0 Å². The monoisotopic (exact) mass is 278 g/mol.